The smallest absolute Gasteiger partial charge is 0.355 e. The monoisotopic (exact) mass is 788 g/mol. The molecule has 11 rings (SSSR count). The molecule has 5 aromatic rings. The Kier molecular flexibility index (Phi) is 9.30. The highest BCUT2D eigenvalue weighted by molar-refractivity contribution is 7.22. The zero-order chi connectivity index (χ0) is 38.9. The second-order valence-corrected chi connectivity index (χ2v) is 18.7. The first-order valence-corrected chi connectivity index (χ1v) is 21.5. The van der Waals surface area contributed by atoms with Crippen LogP contribution in [0.15, 0.2) is 42.6 Å². The highest BCUT2D eigenvalue weighted by atomic mass is 32.1. The Morgan fingerprint density at radius 2 is 1.79 bits per heavy atom. The van der Waals surface area contributed by atoms with Crippen LogP contribution in [0.25, 0.3) is 21.3 Å². The Bertz CT molecular complexity index is 2290. The van der Waals surface area contributed by atoms with Crippen molar-refractivity contribution in [1.29, 1.82) is 0 Å². The van der Waals surface area contributed by atoms with Crippen molar-refractivity contribution in [1.82, 2.24) is 39.7 Å². The van der Waals surface area contributed by atoms with Crippen molar-refractivity contribution in [3.63, 3.8) is 0 Å². The van der Waals surface area contributed by atoms with Crippen molar-refractivity contribution in [3.05, 3.63) is 65.1 Å². The second-order valence-electron chi connectivity index (χ2n) is 17.7. The lowest BCUT2D eigenvalue weighted by molar-refractivity contribution is -0.198. The van der Waals surface area contributed by atoms with Gasteiger partial charge in [0, 0.05) is 73.8 Å². The normalized spacial score (nSPS) is 26.0. The number of ether oxygens (including phenoxy) is 1. The van der Waals surface area contributed by atoms with Gasteiger partial charge in [-0.05, 0) is 114 Å². The van der Waals surface area contributed by atoms with E-state index in [0.717, 1.165) is 103 Å². The molecule has 1 saturated heterocycles. The van der Waals surface area contributed by atoms with E-state index in [1.54, 1.807) is 11.3 Å². The maximum Gasteiger partial charge on any atom is 0.355 e. The average Bonchev–Trinajstić information content (AvgIpc) is 3.77. The Hall–Kier alpha value is -4.50. The van der Waals surface area contributed by atoms with Crippen molar-refractivity contribution in [3.8, 4) is 11.1 Å². The summed E-state index contributed by atoms with van der Waals surface area (Å²) in [7, 11) is 2.21. The fourth-order valence-corrected chi connectivity index (χ4v) is 12.2. The summed E-state index contributed by atoms with van der Waals surface area (Å²) in [6, 6.07) is 11.9. The molecular weight excluding hydrogens is 737 g/mol. The lowest BCUT2D eigenvalue weighted by Gasteiger charge is -2.61. The van der Waals surface area contributed by atoms with E-state index in [0.29, 0.717) is 41.4 Å². The summed E-state index contributed by atoms with van der Waals surface area (Å²) in [5, 5.41) is 28.9. The highest BCUT2D eigenvalue weighted by Crippen LogP contribution is 2.63. The number of hydrogen-bond acceptors (Lipinski definition) is 12. The van der Waals surface area contributed by atoms with Crippen molar-refractivity contribution >= 4 is 50.1 Å². The van der Waals surface area contributed by atoms with Gasteiger partial charge in [-0.2, -0.15) is 5.10 Å². The predicted molar refractivity (Wildman–Crippen MR) is 222 cm³/mol. The number of nitrogens with zero attached hydrogens (tertiary/aromatic N) is 9. The van der Waals surface area contributed by atoms with Gasteiger partial charge < -0.3 is 25.0 Å². The molecule has 4 saturated carbocycles. The van der Waals surface area contributed by atoms with Crippen LogP contribution in [0, 0.1) is 31.1 Å². The van der Waals surface area contributed by atoms with E-state index >= 15 is 0 Å². The number of likely N-dealkylation sites (N-methyl/N-ethyl adjacent to an activating group) is 1. The number of nitrogens with one attached hydrogen (secondary N) is 1. The first-order valence-electron chi connectivity index (χ1n) is 20.7. The van der Waals surface area contributed by atoms with Crippen LogP contribution in [-0.2, 0) is 17.7 Å². The number of pyridine rings is 1. The predicted octanol–water partition coefficient (Wildman–Crippen LogP) is 7.09. The van der Waals surface area contributed by atoms with Gasteiger partial charge in [-0.3, -0.25) is 9.58 Å². The molecule has 2 aliphatic heterocycles. The minimum Gasteiger partial charge on any atom is -0.476 e. The summed E-state index contributed by atoms with van der Waals surface area (Å²) in [4.78, 5) is 29.4. The molecule has 0 radical (unpaired) electrons. The molecule has 4 bridgehead atoms. The lowest BCUT2D eigenvalue weighted by Crippen LogP contribution is -2.58. The van der Waals surface area contributed by atoms with Crippen LogP contribution in [0.3, 0.4) is 0 Å². The molecule has 2 atom stereocenters. The van der Waals surface area contributed by atoms with Gasteiger partial charge in [-0.15, -0.1) is 10.2 Å². The maximum atomic E-state index is 12.9. The van der Waals surface area contributed by atoms with E-state index in [9.17, 15) is 9.90 Å². The summed E-state index contributed by atoms with van der Waals surface area (Å²) in [6.07, 6.45) is 10.8. The number of carboxylic acid groups (broad SMARTS) is 1. The third kappa shape index (κ3) is 6.87. The SMILES string of the molecule is Cc1c(Nc2nc3ccccc3s2)nnc2c1CCCN2c1ccc(-c2cnn(CC34CC5CC(C3)CC(OCCN3CCN(C)CC3)(C5)C4)c2C)c(C(=O)O)n1. The molecule has 2 unspecified atom stereocenters. The number of anilines is 4. The van der Waals surface area contributed by atoms with Gasteiger partial charge in [0.25, 0.3) is 0 Å². The van der Waals surface area contributed by atoms with Gasteiger partial charge in [0.2, 0.25) is 0 Å². The Morgan fingerprint density at radius 3 is 2.58 bits per heavy atom. The quantitative estimate of drug-likeness (QED) is 0.141. The molecule has 4 aliphatic carbocycles. The van der Waals surface area contributed by atoms with Crippen LogP contribution in [0.2, 0.25) is 0 Å². The Morgan fingerprint density at radius 1 is 0.982 bits per heavy atom. The number of hydrogen-bond donors (Lipinski definition) is 2. The number of piperazine rings is 1. The summed E-state index contributed by atoms with van der Waals surface area (Å²) in [6.45, 7) is 12.0. The third-order valence-corrected chi connectivity index (χ3v) is 14.6. The molecule has 6 heterocycles. The minimum absolute atomic E-state index is 0.0172. The summed E-state index contributed by atoms with van der Waals surface area (Å²) >= 11 is 1.58. The summed E-state index contributed by atoms with van der Waals surface area (Å²) in [5.74, 6) is 2.28. The van der Waals surface area contributed by atoms with Crippen LogP contribution in [0.5, 0.6) is 0 Å². The molecule has 0 spiro atoms. The third-order valence-electron chi connectivity index (χ3n) is 13.7. The number of rotatable bonds is 11. The maximum absolute atomic E-state index is 12.9. The van der Waals surface area contributed by atoms with Gasteiger partial charge in [0.05, 0.1) is 28.6 Å². The van der Waals surface area contributed by atoms with Crippen molar-refractivity contribution in [2.24, 2.45) is 17.3 Å². The zero-order valence-electron chi connectivity index (χ0n) is 33.2. The van der Waals surface area contributed by atoms with E-state index in [-0.39, 0.29) is 16.7 Å². The second kappa shape index (κ2) is 14.4. The number of para-hydroxylation sites is 1. The van der Waals surface area contributed by atoms with Gasteiger partial charge in [0.1, 0.15) is 5.82 Å². The van der Waals surface area contributed by atoms with Crippen molar-refractivity contribution < 1.29 is 14.6 Å². The number of aromatic carboxylic acids is 1. The van der Waals surface area contributed by atoms with E-state index in [1.165, 1.54) is 32.1 Å². The lowest BCUT2D eigenvalue weighted by atomic mass is 9.48. The molecule has 13 nitrogen and oxygen atoms in total. The highest BCUT2D eigenvalue weighted by Gasteiger charge is 2.58. The minimum atomic E-state index is -1.06. The van der Waals surface area contributed by atoms with Gasteiger partial charge >= 0.3 is 5.97 Å². The summed E-state index contributed by atoms with van der Waals surface area (Å²) in [5.41, 5.74) is 5.54. The Balaban J connectivity index is 0.872. The largest absolute Gasteiger partial charge is 0.476 e. The van der Waals surface area contributed by atoms with Crippen molar-refractivity contribution in [2.45, 2.75) is 77.4 Å². The molecule has 4 aromatic heterocycles. The van der Waals surface area contributed by atoms with E-state index in [2.05, 4.69) is 57.0 Å². The standard InChI is InChI=1S/C43H52N10O3S/c1-27-31-7-6-12-52(39(31)49-48-38(27)47-41-45-34-8-4-5-9-35(34)57-41)36-11-10-32(37(46-36)40(54)55)33-24-44-53(28(33)2)26-42-20-29-19-30(21-42)23-43(22-29,25-42)56-18-17-51-15-13-50(3)14-16-51/h4-5,8-11,24,29-30H,6-7,12-23,25-26H2,1-3H3,(H,54,55)(H,45,47,48). The molecule has 298 valence electrons. The molecule has 0 amide bonds. The fraction of sp³-hybridized carbons (Fsp3) is 0.535. The molecular formula is C43H52N10O3S. The van der Waals surface area contributed by atoms with Crippen LogP contribution >= 0.6 is 11.3 Å². The topological polar surface area (TPSA) is 138 Å². The zero-order valence-corrected chi connectivity index (χ0v) is 34.0. The van der Waals surface area contributed by atoms with E-state index in [4.69, 9.17) is 19.8 Å². The molecule has 57 heavy (non-hydrogen) atoms. The molecule has 14 heteroatoms. The van der Waals surface area contributed by atoms with E-state index < -0.39 is 5.97 Å². The van der Waals surface area contributed by atoms with Gasteiger partial charge in [-0.1, -0.05) is 23.5 Å². The average molecular weight is 789 g/mol. The number of benzene rings is 1. The first-order chi connectivity index (χ1) is 27.6. The van der Waals surface area contributed by atoms with Crippen LogP contribution in [0.1, 0.15) is 72.3 Å². The van der Waals surface area contributed by atoms with Crippen LogP contribution in [-0.4, -0.2) is 109 Å². The number of carbonyl (C=O) groups is 1. The number of aromatic nitrogens is 6. The number of thiazole rings is 1. The Labute approximate surface area is 337 Å². The van der Waals surface area contributed by atoms with Gasteiger partial charge in [-0.25, -0.2) is 14.8 Å². The number of carboxylic acids is 1. The number of fused-ring (bicyclic) bond motifs is 2. The first kappa shape index (κ1) is 36.8. The van der Waals surface area contributed by atoms with Crippen molar-refractivity contribution in [2.75, 3.05) is 63.1 Å². The van der Waals surface area contributed by atoms with Crippen LogP contribution < -0.4 is 10.2 Å². The molecule has 2 N–H and O–H groups in total. The van der Waals surface area contributed by atoms with Crippen LogP contribution in [0.4, 0.5) is 22.6 Å². The van der Waals surface area contributed by atoms with Gasteiger partial charge in [0.15, 0.2) is 22.5 Å². The molecule has 5 fully saturated rings. The van der Waals surface area contributed by atoms with E-state index in [1.807, 2.05) is 41.4 Å². The molecule has 1 aromatic carbocycles. The fourth-order valence-electron chi connectivity index (χ4n) is 11.3. The summed E-state index contributed by atoms with van der Waals surface area (Å²) < 4.78 is 10.2. The molecule has 6 aliphatic rings.